The van der Waals surface area contributed by atoms with E-state index < -0.39 is 0 Å². The molecule has 1 aromatic carbocycles. The molecule has 0 spiro atoms. The molecule has 0 heterocycles. The molecule has 1 aliphatic rings. The largest absolute Gasteiger partial charge is 0.303 e. The highest BCUT2D eigenvalue weighted by atomic mass is 16.1. The molecule has 2 unspecified atom stereocenters. The van der Waals surface area contributed by atoms with Crippen molar-refractivity contribution >= 4 is 6.29 Å². The van der Waals surface area contributed by atoms with Gasteiger partial charge in [0.05, 0.1) is 0 Å². The monoisotopic (exact) mass is 273 g/mol. The van der Waals surface area contributed by atoms with E-state index in [-0.39, 0.29) is 5.41 Å². The molecular weight excluding hydrogens is 246 g/mol. The summed E-state index contributed by atoms with van der Waals surface area (Å²) < 4.78 is 0. The zero-order chi connectivity index (χ0) is 14.4. The minimum absolute atomic E-state index is 0.109. The predicted octanol–water partition coefficient (Wildman–Crippen LogP) is 3.90. The van der Waals surface area contributed by atoms with Gasteiger partial charge < -0.3 is 4.79 Å². The van der Waals surface area contributed by atoms with Crippen LogP contribution in [0.5, 0.6) is 0 Å². The number of hydrogen-bond acceptors (Lipinski definition) is 2. The van der Waals surface area contributed by atoms with E-state index >= 15 is 0 Å². The summed E-state index contributed by atoms with van der Waals surface area (Å²) in [5, 5.41) is 0. The fraction of sp³-hybridized carbons (Fsp3) is 0.611. The Labute approximate surface area is 123 Å². The molecule has 1 aliphatic carbocycles. The highest BCUT2D eigenvalue weighted by Gasteiger charge is 2.36. The average molecular weight is 273 g/mol. The standard InChI is InChI=1S/C18H27NO/c1-3-19(13-17-9-5-4-6-10-17)14-18(15-20)11-7-8-16(2)12-18/h4-6,9-10,15-16H,3,7-8,11-14H2,1-2H3. The summed E-state index contributed by atoms with van der Waals surface area (Å²) >= 11 is 0. The fourth-order valence-electron chi connectivity index (χ4n) is 3.56. The molecule has 2 atom stereocenters. The maximum Gasteiger partial charge on any atom is 0.127 e. The Kier molecular flexibility index (Phi) is 5.36. The molecule has 1 fully saturated rings. The number of carbonyl (C=O) groups excluding carboxylic acids is 1. The Morgan fingerprint density at radius 2 is 2.10 bits per heavy atom. The Morgan fingerprint density at radius 3 is 2.70 bits per heavy atom. The molecule has 0 saturated heterocycles. The van der Waals surface area contributed by atoms with Crippen LogP contribution in [0.15, 0.2) is 30.3 Å². The van der Waals surface area contributed by atoms with Crippen molar-refractivity contribution in [2.75, 3.05) is 13.1 Å². The Bertz CT molecular complexity index is 417. The van der Waals surface area contributed by atoms with Crippen molar-refractivity contribution in [2.24, 2.45) is 11.3 Å². The van der Waals surface area contributed by atoms with E-state index in [4.69, 9.17) is 0 Å². The predicted molar refractivity (Wildman–Crippen MR) is 83.5 cm³/mol. The van der Waals surface area contributed by atoms with Gasteiger partial charge in [-0.1, -0.05) is 57.0 Å². The van der Waals surface area contributed by atoms with Gasteiger partial charge in [-0.2, -0.15) is 0 Å². The van der Waals surface area contributed by atoms with Gasteiger partial charge in [-0.15, -0.1) is 0 Å². The Morgan fingerprint density at radius 1 is 1.35 bits per heavy atom. The molecule has 2 nitrogen and oxygen atoms in total. The molecule has 0 aromatic heterocycles. The van der Waals surface area contributed by atoms with Crippen molar-refractivity contribution in [1.82, 2.24) is 4.90 Å². The lowest BCUT2D eigenvalue weighted by Gasteiger charge is -2.39. The number of carbonyl (C=O) groups is 1. The molecule has 1 saturated carbocycles. The molecule has 2 rings (SSSR count). The van der Waals surface area contributed by atoms with Gasteiger partial charge in [-0.25, -0.2) is 0 Å². The molecule has 1 aromatic rings. The van der Waals surface area contributed by atoms with Gasteiger partial charge in [0.1, 0.15) is 6.29 Å². The van der Waals surface area contributed by atoms with Crippen molar-refractivity contribution in [3.8, 4) is 0 Å². The SMILES string of the molecule is CCN(Cc1ccccc1)CC1(C=O)CCCC(C)C1. The van der Waals surface area contributed by atoms with E-state index in [0.29, 0.717) is 5.92 Å². The Hall–Kier alpha value is -1.15. The van der Waals surface area contributed by atoms with Crippen LogP contribution in [0, 0.1) is 11.3 Å². The normalized spacial score (nSPS) is 26.6. The van der Waals surface area contributed by atoms with Crippen LogP contribution in [0.4, 0.5) is 0 Å². The second-order valence-electron chi connectivity index (χ2n) is 6.47. The molecule has 0 aliphatic heterocycles. The smallest absolute Gasteiger partial charge is 0.127 e. The van der Waals surface area contributed by atoms with E-state index in [1.165, 1.54) is 24.7 Å². The van der Waals surface area contributed by atoms with E-state index in [0.717, 1.165) is 32.5 Å². The molecule has 110 valence electrons. The van der Waals surface area contributed by atoms with Crippen LogP contribution in [0.3, 0.4) is 0 Å². The third-order valence-electron chi connectivity index (χ3n) is 4.61. The third-order valence-corrected chi connectivity index (χ3v) is 4.61. The van der Waals surface area contributed by atoms with Crippen LogP contribution >= 0.6 is 0 Å². The summed E-state index contributed by atoms with van der Waals surface area (Å²) in [4.78, 5) is 14.1. The lowest BCUT2D eigenvalue weighted by atomic mass is 9.70. The van der Waals surface area contributed by atoms with Gasteiger partial charge in [0.25, 0.3) is 0 Å². The first-order valence-electron chi connectivity index (χ1n) is 7.90. The molecule has 0 bridgehead atoms. The van der Waals surface area contributed by atoms with Gasteiger partial charge in [0, 0.05) is 18.5 Å². The summed E-state index contributed by atoms with van der Waals surface area (Å²) in [6, 6.07) is 10.6. The lowest BCUT2D eigenvalue weighted by Crippen LogP contribution is -2.41. The first-order valence-corrected chi connectivity index (χ1v) is 7.90. The van der Waals surface area contributed by atoms with Crippen LogP contribution in [0.1, 0.15) is 45.1 Å². The van der Waals surface area contributed by atoms with Gasteiger partial charge >= 0.3 is 0 Å². The maximum atomic E-state index is 11.7. The minimum atomic E-state index is -0.109. The van der Waals surface area contributed by atoms with E-state index in [1.54, 1.807) is 0 Å². The van der Waals surface area contributed by atoms with Crippen LogP contribution in [-0.2, 0) is 11.3 Å². The maximum absolute atomic E-state index is 11.7. The van der Waals surface area contributed by atoms with Gasteiger partial charge in [0.2, 0.25) is 0 Å². The highest BCUT2D eigenvalue weighted by molar-refractivity contribution is 5.60. The zero-order valence-corrected chi connectivity index (χ0v) is 12.8. The molecule has 0 radical (unpaired) electrons. The third kappa shape index (κ3) is 3.92. The Balaban J connectivity index is 2.02. The topological polar surface area (TPSA) is 20.3 Å². The lowest BCUT2D eigenvalue weighted by molar-refractivity contribution is -0.120. The average Bonchev–Trinajstić information content (AvgIpc) is 2.47. The minimum Gasteiger partial charge on any atom is -0.303 e. The van der Waals surface area contributed by atoms with Crippen molar-refractivity contribution in [1.29, 1.82) is 0 Å². The van der Waals surface area contributed by atoms with E-state index in [2.05, 4.69) is 49.1 Å². The van der Waals surface area contributed by atoms with Crippen LogP contribution in [0.25, 0.3) is 0 Å². The van der Waals surface area contributed by atoms with Crippen molar-refractivity contribution in [3.63, 3.8) is 0 Å². The fourth-order valence-corrected chi connectivity index (χ4v) is 3.56. The second-order valence-corrected chi connectivity index (χ2v) is 6.47. The van der Waals surface area contributed by atoms with Crippen molar-refractivity contribution in [2.45, 2.75) is 46.1 Å². The van der Waals surface area contributed by atoms with Crippen LogP contribution < -0.4 is 0 Å². The number of hydrogen-bond donors (Lipinski definition) is 0. The van der Waals surface area contributed by atoms with Crippen molar-refractivity contribution in [3.05, 3.63) is 35.9 Å². The first kappa shape index (κ1) is 15.2. The van der Waals surface area contributed by atoms with Crippen molar-refractivity contribution < 1.29 is 4.79 Å². The highest BCUT2D eigenvalue weighted by Crippen LogP contribution is 2.38. The zero-order valence-electron chi connectivity index (χ0n) is 12.8. The van der Waals surface area contributed by atoms with Gasteiger partial charge in [-0.05, 0) is 30.9 Å². The second kappa shape index (κ2) is 7.03. The molecule has 20 heavy (non-hydrogen) atoms. The van der Waals surface area contributed by atoms with Crippen LogP contribution in [0.2, 0.25) is 0 Å². The number of rotatable bonds is 6. The molecule has 0 amide bonds. The summed E-state index contributed by atoms with van der Waals surface area (Å²) in [6.07, 6.45) is 5.84. The summed E-state index contributed by atoms with van der Waals surface area (Å²) in [5.74, 6) is 0.685. The summed E-state index contributed by atoms with van der Waals surface area (Å²) in [7, 11) is 0. The number of aldehydes is 1. The van der Waals surface area contributed by atoms with E-state index in [1.807, 2.05) is 0 Å². The first-order chi connectivity index (χ1) is 9.67. The number of nitrogens with zero attached hydrogens (tertiary/aromatic N) is 1. The van der Waals surface area contributed by atoms with Crippen LogP contribution in [-0.4, -0.2) is 24.3 Å². The summed E-state index contributed by atoms with van der Waals surface area (Å²) in [6.45, 7) is 7.32. The molecular formula is C18H27NO. The van der Waals surface area contributed by atoms with E-state index in [9.17, 15) is 4.79 Å². The van der Waals surface area contributed by atoms with Gasteiger partial charge in [-0.3, -0.25) is 4.90 Å². The van der Waals surface area contributed by atoms with Gasteiger partial charge in [0.15, 0.2) is 0 Å². The quantitative estimate of drug-likeness (QED) is 0.733. The molecule has 0 N–H and O–H groups in total. The molecule has 2 heteroatoms. The summed E-state index contributed by atoms with van der Waals surface area (Å²) in [5.41, 5.74) is 1.22. The number of benzene rings is 1.